The van der Waals surface area contributed by atoms with Crippen LogP contribution in [-0.2, 0) is 20.4 Å². The highest BCUT2D eigenvalue weighted by Crippen LogP contribution is 2.25. The van der Waals surface area contributed by atoms with Crippen LogP contribution in [0, 0.1) is 11.8 Å². The lowest BCUT2D eigenvalue weighted by atomic mass is 9.84. The second-order valence-corrected chi connectivity index (χ2v) is 11.1. The summed E-state index contributed by atoms with van der Waals surface area (Å²) in [5, 5.41) is 6.28. The average molecular weight is 417 g/mol. The van der Waals surface area contributed by atoms with Crippen molar-refractivity contribution in [1.29, 1.82) is 0 Å². The largest absolute Gasteiger partial charge is 0.326 e. The molecule has 1 heterocycles. The number of amides is 1. The van der Waals surface area contributed by atoms with E-state index in [1.807, 2.05) is 0 Å². The summed E-state index contributed by atoms with van der Waals surface area (Å²) in [5.41, 5.74) is 1.36. The first-order valence-corrected chi connectivity index (χ1v) is 11.1. The maximum Gasteiger partial charge on any atom is 0.224 e. The molecule has 0 aromatic heterocycles. The number of hydrogen-bond acceptors (Lipinski definition) is 4. The van der Waals surface area contributed by atoms with Crippen molar-refractivity contribution in [2.24, 2.45) is 11.8 Å². The van der Waals surface area contributed by atoms with Crippen molar-refractivity contribution in [3.8, 4) is 0 Å². The molecule has 1 atom stereocenters. The van der Waals surface area contributed by atoms with Crippen LogP contribution in [0.4, 0.5) is 5.69 Å². The fourth-order valence-corrected chi connectivity index (χ4v) is 4.31. The summed E-state index contributed by atoms with van der Waals surface area (Å²) in [6.45, 7) is 9.31. The molecule has 0 saturated carbocycles. The minimum atomic E-state index is -3.25. The fourth-order valence-electron chi connectivity index (χ4n) is 3.26. The van der Waals surface area contributed by atoms with E-state index in [4.69, 9.17) is 0 Å². The Kier molecular flexibility index (Phi) is 8.77. The maximum absolute atomic E-state index is 12.4. The number of sulfone groups is 1. The molecular weight excluding hydrogens is 384 g/mol. The maximum atomic E-state index is 12.4. The number of carbonyl (C=O) groups excluding carboxylic acids is 1. The molecule has 1 aromatic carbocycles. The Bertz CT molecular complexity index is 723. The van der Waals surface area contributed by atoms with Gasteiger partial charge in [-0.2, -0.15) is 0 Å². The summed E-state index contributed by atoms with van der Waals surface area (Å²) >= 11 is 0. The number of anilines is 1. The van der Waals surface area contributed by atoms with Gasteiger partial charge in [-0.05, 0) is 76.2 Å². The van der Waals surface area contributed by atoms with Crippen LogP contribution in [0.2, 0.25) is 0 Å². The van der Waals surface area contributed by atoms with Gasteiger partial charge in [0.1, 0.15) is 0 Å². The van der Waals surface area contributed by atoms with Crippen LogP contribution in [0.25, 0.3) is 0 Å². The standard InChI is InChI=1S/C20H32N2O3S.ClH/c1-15(17-8-10-21-11-9-17)12-19(23)22-18-7-5-6-16(13-18)14-26(24,25)20(2,3)4;/h5-7,13,15,17,21H,8-12,14H2,1-4H3,(H,22,23);1H. The summed E-state index contributed by atoms with van der Waals surface area (Å²) in [5.74, 6) is 0.907. The number of rotatable bonds is 6. The van der Waals surface area contributed by atoms with Crippen LogP contribution in [-0.4, -0.2) is 32.2 Å². The molecule has 2 rings (SSSR count). The van der Waals surface area contributed by atoms with E-state index in [0.29, 0.717) is 29.5 Å². The molecule has 7 heteroatoms. The van der Waals surface area contributed by atoms with Gasteiger partial charge in [0, 0.05) is 12.1 Å². The van der Waals surface area contributed by atoms with Crippen LogP contribution < -0.4 is 10.6 Å². The zero-order valence-electron chi connectivity index (χ0n) is 16.7. The number of carbonyl (C=O) groups is 1. The fraction of sp³-hybridized carbons (Fsp3) is 0.650. The van der Waals surface area contributed by atoms with Gasteiger partial charge in [-0.25, -0.2) is 8.42 Å². The van der Waals surface area contributed by atoms with E-state index in [0.717, 1.165) is 25.9 Å². The zero-order chi connectivity index (χ0) is 19.4. The van der Waals surface area contributed by atoms with E-state index in [-0.39, 0.29) is 24.1 Å². The highest BCUT2D eigenvalue weighted by atomic mass is 35.5. The zero-order valence-corrected chi connectivity index (χ0v) is 18.4. The van der Waals surface area contributed by atoms with Crippen molar-refractivity contribution >= 4 is 33.8 Å². The minimum absolute atomic E-state index is 0. The van der Waals surface area contributed by atoms with E-state index >= 15 is 0 Å². The number of halogens is 1. The molecule has 2 N–H and O–H groups in total. The van der Waals surface area contributed by atoms with Crippen molar-refractivity contribution < 1.29 is 13.2 Å². The molecule has 0 radical (unpaired) electrons. The van der Waals surface area contributed by atoms with Crippen LogP contribution >= 0.6 is 12.4 Å². The van der Waals surface area contributed by atoms with Gasteiger partial charge in [-0.15, -0.1) is 12.4 Å². The van der Waals surface area contributed by atoms with Crippen molar-refractivity contribution in [3.05, 3.63) is 29.8 Å². The molecule has 0 aliphatic carbocycles. The highest BCUT2D eigenvalue weighted by molar-refractivity contribution is 7.91. The molecule has 154 valence electrons. The first kappa shape index (κ1) is 23.9. The normalized spacial score (nSPS) is 17.0. The number of benzene rings is 1. The Morgan fingerprint density at radius 3 is 2.48 bits per heavy atom. The Labute approximate surface area is 170 Å². The minimum Gasteiger partial charge on any atom is -0.326 e. The SMILES string of the molecule is CC(CC(=O)Nc1cccc(CS(=O)(=O)C(C)(C)C)c1)C1CCNCC1.Cl. The predicted octanol–water partition coefficient (Wildman–Crippen LogP) is 3.79. The molecule has 0 bridgehead atoms. The molecule has 1 amide bonds. The van der Waals surface area contributed by atoms with E-state index in [1.165, 1.54) is 0 Å². The summed E-state index contributed by atoms with van der Waals surface area (Å²) in [6, 6.07) is 7.15. The van der Waals surface area contributed by atoms with Crippen molar-refractivity contribution in [2.75, 3.05) is 18.4 Å². The molecular formula is C20H33ClN2O3S. The highest BCUT2D eigenvalue weighted by Gasteiger charge is 2.29. The predicted molar refractivity (Wildman–Crippen MR) is 114 cm³/mol. The third-order valence-electron chi connectivity index (χ3n) is 5.20. The number of nitrogens with one attached hydrogen (secondary N) is 2. The summed E-state index contributed by atoms with van der Waals surface area (Å²) in [4.78, 5) is 12.4. The second-order valence-electron chi connectivity index (χ2n) is 8.39. The van der Waals surface area contributed by atoms with Crippen molar-refractivity contribution in [2.45, 2.75) is 57.5 Å². The molecule has 1 aliphatic rings. The van der Waals surface area contributed by atoms with Gasteiger partial charge in [0.15, 0.2) is 9.84 Å². The van der Waals surface area contributed by atoms with Gasteiger partial charge in [0.25, 0.3) is 0 Å². The molecule has 0 spiro atoms. The third kappa shape index (κ3) is 7.09. The van der Waals surface area contributed by atoms with Gasteiger partial charge in [0.2, 0.25) is 5.91 Å². The molecule has 1 aromatic rings. The first-order valence-electron chi connectivity index (χ1n) is 9.40. The Hall–Kier alpha value is -1.11. The lowest BCUT2D eigenvalue weighted by Gasteiger charge is -2.27. The van der Waals surface area contributed by atoms with Gasteiger partial charge in [0.05, 0.1) is 10.5 Å². The Balaban J connectivity index is 0.00000364. The van der Waals surface area contributed by atoms with E-state index in [2.05, 4.69) is 17.6 Å². The Morgan fingerprint density at radius 1 is 1.26 bits per heavy atom. The molecule has 1 aliphatic heterocycles. The summed E-state index contributed by atoms with van der Waals surface area (Å²) in [7, 11) is -3.25. The molecule has 1 saturated heterocycles. The van der Waals surface area contributed by atoms with Gasteiger partial charge < -0.3 is 10.6 Å². The monoisotopic (exact) mass is 416 g/mol. The van der Waals surface area contributed by atoms with Crippen LogP contribution in [0.5, 0.6) is 0 Å². The van der Waals surface area contributed by atoms with Crippen LogP contribution in [0.1, 0.15) is 52.5 Å². The van der Waals surface area contributed by atoms with E-state index in [1.54, 1.807) is 45.0 Å². The topological polar surface area (TPSA) is 75.3 Å². The Morgan fingerprint density at radius 2 is 1.89 bits per heavy atom. The van der Waals surface area contributed by atoms with Gasteiger partial charge in [-0.1, -0.05) is 19.1 Å². The van der Waals surface area contributed by atoms with Gasteiger partial charge in [-0.3, -0.25) is 4.79 Å². The summed E-state index contributed by atoms with van der Waals surface area (Å²) in [6.07, 6.45) is 2.73. The van der Waals surface area contributed by atoms with Gasteiger partial charge >= 0.3 is 0 Å². The van der Waals surface area contributed by atoms with Crippen molar-refractivity contribution in [3.63, 3.8) is 0 Å². The second kappa shape index (κ2) is 9.89. The number of hydrogen-bond donors (Lipinski definition) is 2. The summed E-state index contributed by atoms with van der Waals surface area (Å²) < 4.78 is 24.0. The molecule has 5 nitrogen and oxygen atoms in total. The average Bonchev–Trinajstić information content (AvgIpc) is 2.54. The van der Waals surface area contributed by atoms with E-state index < -0.39 is 14.6 Å². The third-order valence-corrected chi connectivity index (χ3v) is 7.78. The van der Waals surface area contributed by atoms with Crippen LogP contribution in [0.3, 0.4) is 0 Å². The lowest BCUT2D eigenvalue weighted by molar-refractivity contribution is -0.117. The molecule has 1 unspecified atom stereocenters. The van der Waals surface area contributed by atoms with E-state index in [9.17, 15) is 13.2 Å². The smallest absolute Gasteiger partial charge is 0.224 e. The number of piperidine rings is 1. The quantitative estimate of drug-likeness (QED) is 0.739. The molecule has 1 fully saturated rings. The van der Waals surface area contributed by atoms with Crippen LogP contribution in [0.15, 0.2) is 24.3 Å². The van der Waals surface area contributed by atoms with Crippen molar-refractivity contribution in [1.82, 2.24) is 5.32 Å². The molecule has 27 heavy (non-hydrogen) atoms. The first-order chi connectivity index (χ1) is 12.1. The lowest BCUT2D eigenvalue weighted by Crippen LogP contribution is -2.32.